The Balaban J connectivity index is 2.63. The topological polar surface area (TPSA) is 29.5 Å². The van der Waals surface area contributed by atoms with E-state index < -0.39 is 0 Å². The first-order chi connectivity index (χ1) is 6.06. The average Bonchev–Trinajstić information content (AvgIpc) is 2.26. The van der Waals surface area contributed by atoms with Crippen LogP contribution in [0.4, 0.5) is 4.79 Å². The molecule has 1 aliphatic rings. The molecule has 76 valence electrons. The van der Waals surface area contributed by atoms with E-state index in [-0.39, 0.29) is 18.2 Å². The summed E-state index contributed by atoms with van der Waals surface area (Å²) in [5.41, 5.74) is 0. The van der Waals surface area contributed by atoms with Gasteiger partial charge in [0.1, 0.15) is 6.10 Å². The van der Waals surface area contributed by atoms with Crippen molar-refractivity contribution in [2.24, 2.45) is 5.92 Å². The zero-order chi connectivity index (χ0) is 10.0. The highest BCUT2D eigenvalue weighted by Crippen LogP contribution is 2.22. The lowest BCUT2D eigenvalue weighted by atomic mass is 10.1. The molecule has 1 saturated heterocycles. The van der Waals surface area contributed by atoms with E-state index in [1.54, 1.807) is 0 Å². The fourth-order valence-electron chi connectivity index (χ4n) is 1.85. The fourth-order valence-corrected chi connectivity index (χ4v) is 1.85. The zero-order valence-corrected chi connectivity index (χ0v) is 8.91. The second kappa shape index (κ2) is 3.99. The number of nitrogens with zero attached hydrogens (tertiary/aromatic N) is 1. The minimum atomic E-state index is -0.145. The highest BCUT2D eigenvalue weighted by molar-refractivity contribution is 5.70. The molecule has 0 spiro atoms. The van der Waals surface area contributed by atoms with Crippen LogP contribution in [-0.4, -0.2) is 29.7 Å². The number of hydrogen-bond acceptors (Lipinski definition) is 2. The second-order valence-electron chi connectivity index (χ2n) is 4.11. The van der Waals surface area contributed by atoms with Gasteiger partial charge in [0, 0.05) is 6.54 Å². The van der Waals surface area contributed by atoms with Crippen LogP contribution in [0.2, 0.25) is 0 Å². The van der Waals surface area contributed by atoms with Gasteiger partial charge in [0.25, 0.3) is 0 Å². The van der Waals surface area contributed by atoms with Crippen molar-refractivity contribution in [2.45, 2.75) is 46.3 Å². The summed E-state index contributed by atoms with van der Waals surface area (Å²) in [6.45, 7) is 9.09. The largest absolute Gasteiger partial charge is 0.444 e. The summed E-state index contributed by atoms with van der Waals surface area (Å²) in [5.74, 6) is 0.506. The summed E-state index contributed by atoms with van der Waals surface area (Å²) in [4.78, 5) is 13.2. The van der Waals surface area contributed by atoms with Crippen molar-refractivity contribution in [3.8, 4) is 0 Å². The van der Waals surface area contributed by atoms with E-state index in [2.05, 4.69) is 20.8 Å². The highest BCUT2D eigenvalue weighted by atomic mass is 16.6. The first-order valence-corrected chi connectivity index (χ1v) is 5.03. The lowest BCUT2D eigenvalue weighted by Gasteiger charge is -2.23. The lowest BCUT2D eigenvalue weighted by molar-refractivity contribution is 0.136. The third-order valence-electron chi connectivity index (χ3n) is 2.44. The third kappa shape index (κ3) is 2.14. The standard InChI is InChI=1S/C10H19NO2/c1-5-9-8(4)13-10(12)11(9)6-7(2)3/h7-9H,5-6H2,1-4H3. The molecule has 3 heteroatoms. The summed E-state index contributed by atoms with van der Waals surface area (Å²) < 4.78 is 5.17. The Labute approximate surface area is 80.1 Å². The molecule has 1 amide bonds. The Morgan fingerprint density at radius 2 is 2.15 bits per heavy atom. The molecule has 0 aliphatic carbocycles. The van der Waals surface area contributed by atoms with Gasteiger partial charge in [-0.15, -0.1) is 0 Å². The Morgan fingerprint density at radius 3 is 2.62 bits per heavy atom. The average molecular weight is 185 g/mol. The molecule has 1 aliphatic heterocycles. The van der Waals surface area contributed by atoms with Crippen LogP contribution in [-0.2, 0) is 4.74 Å². The van der Waals surface area contributed by atoms with Crippen molar-refractivity contribution in [1.82, 2.24) is 4.90 Å². The van der Waals surface area contributed by atoms with Gasteiger partial charge in [-0.05, 0) is 19.3 Å². The van der Waals surface area contributed by atoms with Crippen LogP contribution in [0.1, 0.15) is 34.1 Å². The quantitative estimate of drug-likeness (QED) is 0.675. The van der Waals surface area contributed by atoms with E-state index in [1.165, 1.54) is 0 Å². The Kier molecular flexibility index (Phi) is 3.17. The third-order valence-corrected chi connectivity index (χ3v) is 2.44. The van der Waals surface area contributed by atoms with Gasteiger partial charge in [-0.2, -0.15) is 0 Å². The van der Waals surface area contributed by atoms with Crippen molar-refractivity contribution < 1.29 is 9.53 Å². The highest BCUT2D eigenvalue weighted by Gasteiger charge is 2.37. The number of carbonyl (C=O) groups is 1. The number of hydrogen-bond donors (Lipinski definition) is 0. The van der Waals surface area contributed by atoms with Crippen LogP contribution in [0.25, 0.3) is 0 Å². The summed E-state index contributed by atoms with van der Waals surface area (Å²) in [6.07, 6.45) is 0.879. The number of carbonyl (C=O) groups excluding carboxylic acids is 1. The van der Waals surface area contributed by atoms with Gasteiger partial charge in [-0.3, -0.25) is 0 Å². The maximum absolute atomic E-state index is 11.4. The predicted octanol–water partition coefficient (Wildman–Crippen LogP) is 2.26. The number of rotatable bonds is 3. The Hall–Kier alpha value is -0.730. The molecule has 3 nitrogen and oxygen atoms in total. The van der Waals surface area contributed by atoms with Crippen LogP contribution in [0, 0.1) is 5.92 Å². The van der Waals surface area contributed by atoms with E-state index in [0.29, 0.717) is 5.92 Å². The smallest absolute Gasteiger partial charge is 0.410 e. The first kappa shape index (κ1) is 10.4. The van der Waals surface area contributed by atoms with E-state index >= 15 is 0 Å². The molecule has 0 aromatic rings. The van der Waals surface area contributed by atoms with Gasteiger partial charge in [0.15, 0.2) is 0 Å². The molecule has 0 aromatic heterocycles. The van der Waals surface area contributed by atoms with Crippen molar-refractivity contribution in [3.63, 3.8) is 0 Å². The molecule has 1 rings (SSSR count). The molecule has 0 aromatic carbocycles. The molecule has 1 fully saturated rings. The summed E-state index contributed by atoms with van der Waals surface area (Å²) in [7, 11) is 0. The van der Waals surface area contributed by atoms with Crippen LogP contribution in [0.15, 0.2) is 0 Å². The van der Waals surface area contributed by atoms with Crippen molar-refractivity contribution in [2.75, 3.05) is 6.54 Å². The summed E-state index contributed by atoms with van der Waals surface area (Å²) >= 11 is 0. The van der Waals surface area contributed by atoms with Crippen LogP contribution in [0.5, 0.6) is 0 Å². The van der Waals surface area contributed by atoms with Gasteiger partial charge in [0.2, 0.25) is 0 Å². The molecular weight excluding hydrogens is 166 g/mol. The van der Waals surface area contributed by atoms with Gasteiger partial charge in [-0.1, -0.05) is 20.8 Å². The minimum absolute atomic E-state index is 0.0521. The van der Waals surface area contributed by atoms with E-state index in [4.69, 9.17) is 4.74 Å². The minimum Gasteiger partial charge on any atom is -0.444 e. The van der Waals surface area contributed by atoms with E-state index in [9.17, 15) is 4.79 Å². The lowest BCUT2D eigenvalue weighted by Crippen LogP contribution is -2.37. The van der Waals surface area contributed by atoms with Crippen molar-refractivity contribution in [1.29, 1.82) is 0 Å². The summed E-state index contributed by atoms with van der Waals surface area (Å²) in [5, 5.41) is 0. The van der Waals surface area contributed by atoms with E-state index in [0.717, 1.165) is 13.0 Å². The molecule has 1 heterocycles. The number of ether oxygens (including phenoxy) is 1. The van der Waals surface area contributed by atoms with Crippen molar-refractivity contribution >= 4 is 6.09 Å². The molecule has 13 heavy (non-hydrogen) atoms. The van der Waals surface area contributed by atoms with Gasteiger partial charge in [0.05, 0.1) is 6.04 Å². The monoisotopic (exact) mass is 185 g/mol. The maximum atomic E-state index is 11.4. The van der Waals surface area contributed by atoms with Crippen LogP contribution in [0.3, 0.4) is 0 Å². The first-order valence-electron chi connectivity index (χ1n) is 5.03. The molecule has 2 atom stereocenters. The second-order valence-corrected chi connectivity index (χ2v) is 4.11. The molecule has 0 radical (unpaired) electrons. The van der Waals surface area contributed by atoms with Gasteiger partial charge < -0.3 is 9.64 Å². The Morgan fingerprint density at radius 1 is 1.54 bits per heavy atom. The summed E-state index contributed by atoms with van der Waals surface area (Å²) in [6, 6.07) is 0.273. The predicted molar refractivity (Wildman–Crippen MR) is 51.6 cm³/mol. The molecule has 0 saturated carbocycles. The van der Waals surface area contributed by atoms with Gasteiger partial charge >= 0.3 is 6.09 Å². The number of cyclic esters (lactones) is 1. The van der Waals surface area contributed by atoms with Crippen LogP contribution >= 0.6 is 0 Å². The van der Waals surface area contributed by atoms with Crippen molar-refractivity contribution in [3.05, 3.63) is 0 Å². The molecular formula is C10H19NO2. The Bertz CT molecular complexity index is 191. The van der Waals surface area contributed by atoms with E-state index in [1.807, 2.05) is 11.8 Å². The zero-order valence-electron chi connectivity index (χ0n) is 8.91. The molecule has 0 bridgehead atoms. The fraction of sp³-hybridized carbons (Fsp3) is 0.900. The van der Waals surface area contributed by atoms with Crippen LogP contribution < -0.4 is 0 Å². The van der Waals surface area contributed by atoms with Gasteiger partial charge in [-0.25, -0.2) is 4.79 Å². The maximum Gasteiger partial charge on any atom is 0.410 e. The molecule has 0 N–H and O–H groups in total. The SMILES string of the molecule is CCC1C(C)OC(=O)N1CC(C)C. The number of amides is 1. The normalized spacial score (nSPS) is 28.4. The molecule has 2 unspecified atom stereocenters.